The normalized spacial score (nSPS) is 13.7. The van der Waals surface area contributed by atoms with Gasteiger partial charge in [0.05, 0.1) is 0 Å². The summed E-state index contributed by atoms with van der Waals surface area (Å²) < 4.78 is 11.9. The Kier molecular flexibility index (Phi) is 3.75. The Morgan fingerprint density at radius 3 is 2.67 bits per heavy atom. The largest absolute Gasteiger partial charge is 0.454 e. The molecule has 0 unspecified atom stereocenters. The van der Waals surface area contributed by atoms with E-state index in [-0.39, 0.29) is 0 Å². The lowest BCUT2D eigenvalue weighted by molar-refractivity contribution is 0.287. The molecule has 0 N–H and O–H groups in total. The zero-order chi connectivity index (χ0) is 13.1. The zero-order valence-electron chi connectivity index (χ0n) is 11.4. The first-order chi connectivity index (χ1) is 8.61. The van der Waals surface area contributed by atoms with E-state index < -0.39 is 0 Å². The molecule has 1 aliphatic rings. The van der Waals surface area contributed by atoms with Crippen LogP contribution in [0.5, 0.6) is 11.5 Å². The molecule has 2 heteroatoms. The molecule has 2 nitrogen and oxygen atoms in total. The van der Waals surface area contributed by atoms with Gasteiger partial charge in [0.15, 0.2) is 17.3 Å². The highest BCUT2D eigenvalue weighted by atomic mass is 16.6. The van der Waals surface area contributed by atoms with Gasteiger partial charge in [0.25, 0.3) is 0 Å². The first-order valence-corrected chi connectivity index (χ1v) is 6.47. The van der Waals surface area contributed by atoms with Crippen LogP contribution in [0.2, 0.25) is 0 Å². The van der Waals surface area contributed by atoms with E-state index in [1.165, 1.54) is 0 Å². The van der Waals surface area contributed by atoms with E-state index in [1.54, 1.807) is 0 Å². The van der Waals surface area contributed by atoms with Crippen LogP contribution >= 0.6 is 0 Å². The number of hydrogen-bond donors (Lipinski definition) is 0. The monoisotopic (exact) mass is 244 g/mol. The Balaban J connectivity index is 2.32. The molecule has 2 rings (SSSR count). The quantitative estimate of drug-likeness (QED) is 0.761. The van der Waals surface area contributed by atoms with E-state index in [0.717, 1.165) is 53.4 Å². The summed E-state index contributed by atoms with van der Waals surface area (Å²) in [4.78, 5) is 0. The molecule has 1 aliphatic heterocycles. The molecule has 0 atom stereocenters. The number of unbranched alkanes of at least 4 members (excludes halogenated alkanes) is 1. The fourth-order valence-corrected chi connectivity index (χ4v) is 1.95. The van der Waals surface area contributed by atoms with Gasteiger partial charge in [-0.05, 0) is 43.5 Å². The molecule has 18 heavy (non-hydrogen) atoms. The minimum absolute atomic E-state index is 0.785. The van der Waals surface area contributed by atoms with Crippen LogP contribution in [-0.2, 0) is 0 Å². The average molecular weight is 244 g/mol. The highest BCUT2D eigenvalue weighted by molar-refractivity contribution is 5.48. The van der Waals surface area contributed by atoms with Gasteiger partial charge in [-0.25, -0.2) is 0 Å². The van der Waals surface area contributed by atoms with Crippen LogP contribution in [0.15, 0.2) is 41.9 Å². The second-order valence-electron chi connectivity index (χ2n) is 4.79. The molecule has 0 aliphatic carbocycles. The van der Waals surface area contributed by atoms with Crippen LogP contribution in [0, 0.1) is 6.92 Å². The molecule has 0 bridgehead atoms. The molecule has 0 amide bonds. The van der Waals surface area contributed by atoms with Gasteiger partial charge in [0.2, 0.25) is 0 Å². The summed E-state index contributed by atoms with van der Waals surface area (Å²) >= 11 is 0. The second kappa shape index (κ2) is 5.30. The van der Waals surface area contributed by atoms with Crippen LogP contribution in [0.1, 0.15) is 38.7 Å². The number of ether oxygens (including phenoxy) is 2. The zero-order valence-corrected chi connectivity index (χ0v) is 11.4. The van der Waals surface area contributed by atoms with Crippen molar-refractivity contribution in [3.05, 3.63) is 47.4 Å². The minimum atomic E-state index is 0.785. The summed E-state index contributed by atoms with van der Waals surface area (Å²) in [5, 5.41) is 0. The van der Waals surface area contributed by atoms with Crippen molar-refractivity contribution in [3.63, 3.8) is 0 Å². The van der Waals surface area contributed by atoms with Crippen LogP contribution in [0.3, 0.4) is 0 Å². The van der Waals surface area contributed by atoms with Crippen molar-refractivity contribution in [1.29, 1.82) is 0 Å². The highest BCUT2D eigenvalue weighted by Crippen LogP contribution is 2.38. The third-order valence-corrected chi connectivity index (χ3v) is 2.94. The second-order valence-corrected chi connectivity index (χ2v) is 4.79. The van der Waals surface area contributed by atoms with Crippen molar-refractivity contribution in [2.45, 2.75) is 40.0 Å². The predicted octanol–water partition coefficient (Wildman–Crippen LogP) is 4.74. The number of benzene rings is 1. The summed E-state index contributed by atoms with van der Waals surface area (Å²) in [7, 11) is 0. The molecule has 96 valence electrons. The molecule has 1 heterocycles. The van der Waals surface area contributed by atoms with E-state index in [2.05, 4.69) is 13.5 Å². The summed E-state index contributed by atoms with van der Waals surface area (Å²) in [6, 6.07) is 5.99. The molecule has 1 aromatic carbocycles. The van der Waals surface area contributed by atoms with Crippen molar-refractivity contribution in [3.8, 4) is 11.5 Å². The van der Waals surface area contributed by atoms with Gasteiger partial charge >= 0.3 is 0 Å². The Labute approximate surface area is 109 Å². The van der Waals surface area contributed by atoms with Crippen molar-refractivity contribution >= 4 is 0 Å². The molecule has 1 aromatic rings. The van der Waals surface area contributed by atoms with Gasteiger partial charge in [0, 0.05) is 6.42 Å². The standard InChI is InChI=1S/C16H20O2/c1-5-6-7-14-16(11(2)3)18-15-10-12(4)8-9-13(15)17-14/h8-10H,2,5-7H2,1,3-4H3. The number of aryl methyl sites for hydroxylation is 1. The van der Waals surface area contributed by atoms with Gasteiger partial charge < -0.3 is 9.47 Å². The maximum absolute atomic E-state index is 5.96. The lowest BCUT2D eigenvalue weighted by Crippen LogP contribution is -2.13. The Bertz CT molecular complexity index is 498. The fraction of sp³-hybridized carbons (Fsp3) is 0.375. The van der Waals surface area contributed by atoms with E-state index in [0.29, 0.717) is 0 Å². The van der Waals surface area contributed by atoms with Gasteiger partial charge in [-0.2, -0.15) is 0 Å². The molecule has 0 aromatic heterocycles. The van der Waals surface area contributed by atoms with Crippen LogP contribution < -0.4 is 9.47 Å². The predicted molar refractivity (Wildman–Crippen MR) is 73.8 cm³/mol. The Hall–Kier alpha value is -1.70. The Morgan fingerprint density at radius 2 is 2.00 bits per heavy atom. The number of allylic oxidation sites excluding steroid dienone is 2. The van der Waals surface area contributed by atoms with Crippen molar-refractivity contribution < 1.29 is 9.47 Å². The first kappa shape index (κ1) is 12.7. The van der Waals surface area contributed by atoms with Gasteiger partial charge in [0.1, 0.15) is 5.76 Å². The van der Waals surface area contributed by atoms with Crippen molar-refractivity contribution in [1.82, 2.24) is 0 Å². The maximum atomic E-state index is 5.96. The summed E-state index contributed by atoms with van der Waals surface area (Å²) in [6.07, 6.45) is 3.12. The van der Waals surface area contributed by atoms with E-state index >= 15 is 0 Å². The minimum Gasteiger partial charge on any atom is -0.454 e. The molecule has 0 spiro atoms. The van der Waals surface area contributed by atoms with Crippen LogP contribution in [-0.4, -0.2) is 0 Å². The highest BCUT2D eigenvalue weighted by Gasteiger charge is 2.21. The lowest BCUT2D eigenvalue weighted by Gasteiger charge is -2.24. The molecule has 0 fully saturated rings. The van der Waals surface area contributed by atoms with E-state index in [4.69, 9.17) is 9.47 Å². The number of hydrogen-bond acceptors (Lipinski definition) is 2. The van der Waals surface area contributed by atoms with Gasteiger partial charge in [-0.15, -0.1) is 0 Å². The van der Waals surface area contributed by atoms with Crippen molar-refractivity contribution in [2.75, 3.05) is 0 Å². The Morgan fingerprint density at radius 1 is 1.22 bits per heavy atom. The van der Waals surface area contributed by atoms with E-state index in [1.807, 2.05) is 32.0 Å². The molecule has 0 saturated heterocycles. The van der Waals surface area contributed by atoms with Gasteiger partial charge in [-0.3, -0.25) is 0 Å². The first-order valence-electron chi connectivity index (χ1n) is 6.47. The van der Waals surface area contributed by atoms with E-state index in [9.17, 15) is 0 Å². The number of fused-ring (bicyclic) bond motifs is 1. The molecule has 0 radical (unpaired) electrons. The van der Waals surface area contributed by atoms with Gasteiger partial charge in [-0.1, -0.05) is 26.0 Å². The maximum Gasteiger partial charge on any atom is 0.170 e. The molecular formula is C16H20O2. The summed E-state index contributed by atoms with van der Waals surface area (Å²) in [5.41, 5.74) is 2.07. The third kappa shape index (κ3) is 2.58. The van der Waals surface area contributed by atoms with Crippen LogP contribution in [0.25, 0.3) is 0 Å². The number of rotatable bonds is 4. The third-order valence-electron chi connectivity index (χ3n) is 2.94. The molecule has 0 saturated carbocycles. The fourth-order valence-electron chi connectivity index (χ4n) is 1.95. The summed E-state index contributed by atoms with van der Waals surface area (Å²) in [5.74, 6) is 3.28. The summed E-state index contributed by atoms with van der Waals surface area (Å²) in [6.45, 7) is 10.1. The topological polar surface area (TPSA) is 18.5 Å². The van der Waals surface area contributed by atoms with Crippen LogP contribution in [0.4, 0.5) is 0 Å². The average Bonchev–Trinajstić information content (AvgIpc) is 2.35. The lowest BCUT2D eigenvalue weighted by atomic mass is 10.1. The van der Waals surface area contributed by atoms with Crippen molar-refractivity contribution in [2.24, 2.45) is 0 Å². The molecular weight excluding hydrogens is 224 g/mol. The SMILES string of the molecule is C=C(C)C1=C(CCCC)Oc2ccc(C)cc2O1. The smallest absolute Gasteiger partial charge is 0.170 e.